The summed E-state index contributed by atoms with van der Waals surface area (Å²) in [6.45, 7) is 0.387. The first-order valence-electron chi connectivity index (χ1n) is 7.81. The summed E-state index contributed by atoms with van der Waals surface area (Å²) in [5.41, 5.74) is 0. The number of unbranched alkanes of at least 4 members (excludes halogenated alkanes) is 1. The summed E-state index contributed by atoms with van der Waals surface area (Å²) in [4.78, 5) is 32.8. The van der Waals surface area contributed by atoms with Crippen molar-refractivity contribution in [1.82, 2.24) is 0 Å². The van der Waals surface area contributed by atoms with Gasteiger partial charge in [-0.05, 0) is 12.8 Å². The van der Waals surface area contributed by atoms with E-state index in [4.69, 9.17) is 9.84 Å². The van der Waals surface area contributed by atoms with Crippen molar-refractivity contribution in [2.45, 2.75) is 38.2 Å². The molecule has 1 N–H and O–H groups in total. The number of esters is 1. The Morgan fingerprint density at radius 3 is 2.04 bits per heavy atom. The number of rotatable bonds is 12. The van der Waals surface area contributed by atoms with Gasteiger partial charge in [-0.2, -0.15) is 0 Å². The fourth-order valence-electron chi connectivity index (χ4n) is 1.97. The zero-order valence-electron chi connectivity index (χ0n) is 14.6. The number of hydrogen-bond donors (Lipinski definition) is 1. The summed E-state index contributed by atoms with van der Waals surface area (Å²) in [6.07, 6.45) is 7.23. The number of carbonyl (C=O) groups is 3. The monoisotopic (exact) mass is 341 g/mol. The van der Waals surface area contributed by atoms with Gasteiger partial charge in [-0.25, -0.2) is 0 Å². The minimum absolute atomic E-state index is 0.00213. The number of ether oxygens (including phenoxy) is 1. The van der Waals surface area contributed by atoms with Crippen LogP contribution in [-0.2, 0) is 19.1 Å². The lowest BCUT2D eigenvalue weighted by Gasteiger charge is -2.29. The van der Waals surface area contributed by atoms with E-state index in [1.165, 1.54) is 0 Å². The molecule has 0 bridgehead atoms. The van der Waals surface area contributed by atoms with Gasteiger partial charge in [-0.15, -0.1) is 0 Å². The maximum atomic E-state index is 11.8. The van der Waals surface area contributed by atoms with Gasteiger partial charge >= 0.3 is 11.9 Å². The van der Waals surface area contributed by atoms with Gasteiger partial charge in [0.2, 0.25) is 0 Å². The number of aliphatic carboxylic acids is 2. The Morgan fingerprint density at radius 2 is 1.58 bits per heavy atom. The predicted octanol–water partition coefficient (Wildman–Crippen LogP) is 0.502. The second-order valence-corrected chi connectivity index (χ2v) is 6.48. The Morgan fingerprint density at radius 1 is 1.04 bits per heavy atom. The molecule has 0 heterocycles. The summed E-state index contributed by atoms with van der Waals surface area (Å²) in [5.74, 6) is -2.60. The van der Waals surface area contributed by atoms with Gasteiger partial charge in [0.15, 0.2) is 6.10 Å². The van der Waals surface area contributed by atoms with E-state index < -0.39 is 24.0 Å². The molecule has 136 valence electrons. The molecule has 0 aromatic heterocycles. The molecule has 24 heavy (non-hydrogen) atoms. The highest BCUT2D eigenvalue weighted by atomic mass is 16.5. The molecule has 0 fully saturated rings. The van der Waals surface area contributed by atoms with E-state index in [9.17, 15) is 19.5 Å². The lowest BCUT2D eigenvalue weighted by Crippen LogP contribution is -2.45. The van der Waals surface area contributed by atoms with E-state index in [0.717, 1.165) is 0 Å². The quantitative estimate of drug-likeness (QED) is 0.240. The molecular weight excluding hydrogens is 314 g/mol. The highest BCUT2D eigenvalue weighted by Gasteiger charge is 2.21. The molecule has 0 aliphatic heterocycles. The Balaban J connectivity index is 4.15. The van der Waals surface area contributed by atoms with Crippen molar-refractivity contribution in [2.75, 3.05) is 27.7 Å². The van der Waals surface area contributed by atoms with Gasteiger partial charge in [0.25, 0.3) is 0 Å². The molecule has 0 aliphatic rings. The highest BCUT2D eigenvalue weighted by Crippen LogP contribution is 2.06. The van der Waals surface area contributed by atoms with Crippen LogP contribution in [0.4, 0.5) is 0 Å². The van der Waals surface area contributed by atoms with Crippen LogP contribution in [0.15, 0.2) is 24.3 Å². The fourth-order valence-corrected chi connectivity index (χ4v) is 1.97. The lowest BCUT2D eigenvalue weighted by molar-refractivity contribution is -0.873. The third-order valence-corrected chi connectivity index (χ3v) is 2.85. The number of nitrogens with zero attached hydrogens (tertiary/aromatic N) is 1. The van der Waals surface area contributed by atoms with Crippen LogP contribution in [0, 0.1) is 0 Å². The van der Waals surface area contributed by atoms with E-state index in [1.54, 1.807) is 24.3 Å². The zero-order chi connectivity index (χ0) is 18.6. The van der Waals surface area contributed by atoms with E-state index >= 15 is 0 Å². The average molecular weight is 341 g/mol. The Kier molecular flexibility index (Phi) is 10.4. The van der Waals surface area contributed by atoms with Crippen molar-refractivity contribution < 1.29 is 33.8 Å². The minimum Gasteiger partial charge on any atom is -0.550 e. The second kappa shape index (κ2) is 11.4. The summed E-state index contributed by atoms with van der Waals surface area (Å²) in [6, 6.07) is 0. The molecule has 0 aromatic rings. The molecule has 0 aromatic carbocycles. The standard InChI is InChI=1S/C17H27NO6/c1-18(2,3)13-14(12-16(21)22)24-17(23)11-9-7-5-4-6-8-10-15(19)20/h6-9,14H,4-5,10-13H2,1-3H3,(H-,19,20,21,22)/b8-6+,9-7+. The van der Waals surface area contributed by atoms with Crippen LogP contribution in [0.25, 0.3) is 0 Å². The molecule has 0 rings (SSSR count). The zero-order valence-corrected chi connectivity index (χ0v) is 14.6. The number of likely N-dealkylation sites (N-methyl/N-ethyl adjacent to an activating group) is 1. The van der Waals surface area contributed by atoms with Gasteiger partial charge in [-0.3, -0.25) is 9.59 Å². The van der Waals surface area contributed by atoms with E-state index in [1.807, 2.05) is 21.1 Å². The number of hydrogen-bond acceptors (Lipinski definition) is 5. The first-order chi connectivity index (χ1) is 11.1. The van der Waals surface area contributed by atoms with Crippen LogP contribution in [-0.4, -0.2) is 61.3 Å². The number of quaternary nitrogens is 1. The fraction of sp³-hybridized carbons (Fsp3) is 0.588. The number of carboxylic acids is 2. The van der Waals surface area contributed by atoms with Crippen molar-refractivity contribution in [3.05, 3.63) is 24.3 Å². The van der Waals surface area contributed by atoms with Crippen molar-refractivity contribution in [3.63, 3.8) is 0 Å². The van der Waals surface area contributed by atoms with Gasteiger partial charge in [0, 0.05) is 12.4 Å². The third-order valence-electron chi connectivity index (χ3n) is 2.85. The van der Waals surface area contributed by atoms with Gasteiger partial charge in [0.05, 0.1) is 34.0 Å². The van der Waals surface area contributed by atoms with Crippen LogP contribution in [0.3, 0.4) is 0 Å². The van der Waals surface area contributed by atoms with Crippen LogP contribution in [0.5, 0.6) is 0 Å². The van der Waals surface area contributed by atoms with Gasteiger partial charge < -0.3 is 24.2 Å². The van der Waals surface area contributed by atoms with E-state index in [0.29, 0.717) is 23.9 Å². The number of allylic oxidation sites excluding steroid dienone is 2. The maximum absolute atomic E-state index is 11.8. The summed E-state index contributed by atoms with van der Waals surface area (Å²) < 4.78 is 5.68. The molecule has 1 unspecified atom stereocenters. The molecule has 0 amide bonds. The molecule has 1 atom stereocenters. The van der Waals surface area contributed by atoms with Crippen molar-refractivity contribution in [3.8, 4) is 0 Å². The Bertz CT molecular complexity index is 476. The molecular formula is C17H27NO6. The Labute approximate surface area is 142 Å². The van der Waals surface area contributed by atoms with Crippen molar-refractivity contribution in [2.24, 2.45) is 0 Å². The molecule has 0 spiro atoms. The lowest BCUT2D eigenvalue weighted by atomic mass is 10.2. The van der Waals surface area contributed by atoms with Crippen LogP contribution in [0.1, 0.15) is 32.1 Å². The minimum atomic E-state index is -1.25. The number of carbonyl (C=O) groups excluding carboxylic acids is 2. The summed E-state index contributed by atoms with van der Waals surface area (Å²) in [5, 5.41) is 19.2. The molecule has 7 nitrogen and oxygen atoms in total. The van der Waals surface area contributed by atoms with Crippen LogP contribution in [0.2, 0.25) is 0 Å². The molecule has 0 saturated carbocycles. The average Bonchev–Trinajstić information content (AvgIpc) is 2.38. The maximum Gasteiger partial charge on any atom is 0.310 e. The highest BCUT2D eigenvalue weighted by molar-refractivity contribution is 5.72. The smallest absolute Gasteiger partial charge is 0.310 e. The summed E-state index contributed by atoms with van der Waals surface area (Å²) >= 11 is 0. The molecule has 7 heteroatoms. The Hall–Kier alpha value is -2.15. The third kappa shape index (κ3) is 14.8. The van der Waals surface area contributed by atoms with Crippen molar-refractivity contribution >= 4 is 17.9 Å². The van der Waals surface area contributed by atoms with E-state index in [-0.39, 0.29) is 19.3 Å². The predicted molar refractivity (Wildman–Crippen MR) is 86.8 cm³/mol. The first kappa shape index (κ1) is 21.9. The SMILES string of the molecule is C[N+](C)(C)CC(CC(=O)[O-])OC(=O)C/C=C/CC/C=C/CC(=O)O. The van der Waals surface area contributed by atoms with Gasteiger partial charge in [0.1, 0.15) is 6.54 Å². The second-order valence-electron chi connectivity index (χ2n) is 6.48. The first-order valence-corrected chi connectivity index (χ1v) is 7.81. The molecule has 0 radical (unpaired) electrons. The topological polar surface area (TPSA) is 104 Å². The van der Waals surface area contributed by atoms with Crippen LogP contribution < -0.4 is 5.11 Å². The molecule has 0 aliphatic carbocycles. The van der Waals surface area contributed by atoms with Gasteiger partial charge in [-0.1, -0.05) is 24.3 Å². The van der Waals surface area contributed by atoms with Crippen LogP contribution >= 0.6 is 0 Å². The van der Waals surface area contributed by atoms with E-state index in [2.05, 4.69) is 0 Å². The van der Waals surface area contributed by atoms with Crippen molar-refractivity contribution in [1.29, 1.82) is 0 Å². The molecule has 0 saturated heterocycles. The largest absolute Gasteiger partial charge is 0.550 e. The summed E-state index contributed by atoms with van der Waals surface area (Å²) in [7, 11) is 5.65. The normalized spacial score (nSPS) is 13.3. The number of carboxylic acid groups (broad SMARTS) is 2.